The minimum Gasteiger partial charge on any atom is -0.369 e. The molecule has 3 aromatic rings. The van der Waals surface area contributed by atoms with Gasteiger partial charge in [-0.15, -0.1) is 11.3 Å². The molecule has 2 aromatic heterocycles. The van der Waals surface area contributed by atoms with Crippen LogP contribution in [0, 0.1) is 0 Å². The van der Waals surface area contributed by atoms with Gasteiger partial charge in [-0.25, -0.2) is 4.98 Å². The Hall–Kier alpha value is -1.63. The van der Waals surface area contributed by atoms with Gasteiger partial charge in [-0.2, -0.15) is 0 Å². The molecule has 1 aliphatic rings. The molecular formula is C22H26N2O2S2. The molecule has 4 nitrogen and oxygen atoms in total. The lowest BCUT2D eigenvalue weighted by Crippen LogP contribution is -2.34. The zero-order chi connectivity index (χ0) is 19.7. The average molecular weight is 415 g/mol. The van der Waals surface area contributed by atoms with E-state index in [-0.39, 0.29) is 11.2 Å². The largest absolute Gasteiger partial charge is 0.369 e. The quantitative estimate of drug-likeness (QED) is 0.408. The van der Waals surface area contributed by atoms with Gasteiger partial charge in [-0.05, 0) is 30.9 Å². The Morgan fingerprint density at radius 2 is 2.07 bits per heavy atom. The Morgan fingerprint density at radius 1 is 1.29 bits per heavy atom. The molecule has 1 atom stereocenters. The predicted molar refractivity (Wildman–Crippen MR) is 118 cm³/mol. The molecular weight excluding hydrogens is 388 g/mol. The number of hydrogen-bond donors (Lipinski definition) is 0. The number of ether oxygens (including phenoxy) is 1. The van der Waals surface area contributed by atoms with E-state index >= 15 is 0 Å². The Labute approximate surface area is 174 Å². The topological polar surface area (TPSA) is 44.1 Å². The summed E-state index contributed by atoms with van der Waals surface area (Å²) in [5.41, 5.74) is 2.16. The molecule has 0 amide bonds. The van der Waals surface area contributed by atoms with Crippen molar-refractivity contribution in [3.8, 4) is 0 Å². The lowest BCUT2D eigenvalue weighted by molar-refractivity contribution is -0.0543. The summed E-state index contributed by atoms with van der Waals surface area (Å²) < 4.78 is 7.96. The standard InChI is InChI=1S/C22H26N2O2S2/c1-4-11-27-21-23-19-18(16-12-22(3,5-2)26-14-17(16)28-19)20(25)24(21)13-15-9-7-6-8-10-15/h6-10H,4-5,11-14H2,1-3H3/t22-/m1/s1. The van der Waals surface area contributed by atoms with E-state index in [1.165, 1.54) is 0 Å². The minimum absolute atomic E-state index is 0.0882. The van der Waals surface area contributed by atoms with Gasteiger partial charge in [0.1, 0.15) is 4.83 Å². The maximum atomic E-state index is 13.6. The van der Waals surface area contributed by atoms with Gasteiger partial charge in [0, 0.05) is 17.1 Å². The molecule has 0 N–H and O–H groups in total. The Morgan fingerprint density at radius 3 is 2.79 bits per heavy atom. The fraction of sp³-hybridized carbons (Fsp3) is 0.455. The summed E-state index contributed by atoms with van der Waals surface area (Å²) in [5.74, 6) is 0.953. The van der Waals surface area contributed by atoms with Crippen LogP contribution in [0.5, 0.6) is 0 Å². The highest BCUT2D eigenvalue weighted by molar-refractivity contribution is 7.99. The monoisotopic (exact) mass is 414 g/mol. The van der Waals surface area contributed by atoms with Gasteiger partial charge in [-0.1, -0.05) is 55.9 Å². The molecule has 148 valence electrons. The summed E-state index contributed by atoms with van der Waals surface area (Å²) in [5, 5.41) is 1.63. The van der Waals surface area contributed by atoms with Gasteiger partial charge in [0.15, 0.2) is 5.16 Å². The van der Waals surface area contributed by atoms with Crippen LogP contribution in [0.4, 0.5) is 0 Å². The first kappa shape index (κ1) is 19.7. The molecule has 0 unspecified atom stereocenters. The number of hydrogen-bond acceptors (Lipinski definition) is 5. The van der Waals surface area contributed by atoms with Gasteiger partial charge >= 0.3 is 0 Å². The smallest absolute Gasteiger partial charge is 0.263 e. The maximum absolute atomic E-state index is 13.6. The molecule has 1 aliphatic heterocycles. The number of thioether (sulfide) groups is 1. The van der Waals surface area contributed by atoms with Crippen LogP contribution < -0.4 is 5.56 Å². The highest BCUT2D eigenvalue weighted by Crippen LogP contribution is 2.38. The molecule has 0 fully saturated rings. The number of benzene rings is 1. The highest BCUT2D eigenvalue weighted by atomic mass is 32.2. The summed E-state index contributed by atoms with van der Waals surface area (Å²) in [6.45, 7) is 7.57. The lowest BCUT2D eigenvalue weighted by atomic mass is 9.90. The van der Waals surface area contributed by atoms with Crippen LogP contribution in [0.15, 0.2) is 40.3 Å². The van der Waals surface area contributed by atoms with Crippen LogP contribution in [-0.2, 0) is 24.3 Å². The molecule has 0 saturated heterocycles. The first-order valence-corrected chi connectivity index (χ1v) is 11.7. The van der Waals surface area contributed by atoms with Crippen LogP contribution in [0.2, 0.25) is 0 Å². The molecule has 4 rings (SSSR count). The molecule has 0 bridgehead atoms. The van der Waals surface area contributed by atoms with Crippen molar-refractivity contribution in [2.45, 2.75) is 63.9 Å². The second-order valence-corrected chi connectivity index (χ2v) is 9.72. The summed E-state index contributed by atoms with van der Waals surface area (Å²) in [6.07, 6.45) is 2.76. The summed E-state index contributed by atoms with van der Waals surface area (Å²) in [4.78, 5) is 20.6. The van der Waals surface area contributed by atoms with E-state index < -0.39 is 0 Å². The van der Waals surface area contributed by atoms with Crippen molar-refractivity contribution in [2.75, 3.05) is 5.75 Å². The molecule has 0 saturated carbocycles. The molecule has 0 spiro atoms. The average Bonchev–Trinajstić information content (AvgIpc) is 3.07. The second kappa shape index (κ2) is 8.01. The highest BCUT2D eigenvalue weighted by Gasteiger charge is 2.33. The fourth-order valence-corrected chi connectivity index (χ4v) is 5.57. The molecule has 28 heavy (non-hydrogen) atoms. The second-order valence-electron chi connectivity index (χ2n) is 7.57. The summed E-state index contributed by atoms with van der Waals surface area (Å²) >= 11 is 3.30. The zero-order valence-corrected chi connectivity index (χ0v) is 18.3. The summed E-state index contributed by atoms with van der Waals surface area (Å²) in [7, 11) is 0. The number of aromatic nitrogens is 2. The summed E-state index contributed by atoms with van der Waals surface area (Å²) in [6, 6.07) is 10.2. The van der Waals surface area contributed by atoms with Gasteiger partial charge in [-0.3, -0.25) is 9.36 Å². The molecule has 3 heterocycles. The van der Waals surface area contributed by atoms with Crippen LogP contribution in [0.1, 0.15) is 49.6 Å². The zero-order valence-electron chi connectivity index (χ0n) is 16.7. The van der Waals surface area contributed by atoms with E-state index in [2.05, 4.69) is 32.9 Å². The lowest BCUT2D eigenvalue weighted by Gasteiger charge is -2.32. The van der Waals surface area contributed by atoms with Gasteiger partial charge in [0.25, 0.3) is 5.56 Å². The van der Waals surface area contributed by atoms with Crippen LogP contribution in [0.25, 0.3) is 10.2 Å². The van der Waals surface area contributed by atoms with E-state index in [0.717, 1.165) is 56.4 Å². The first-order valence-electron chi connectivity index (χ1n) is 9.90. The Balaban J connectivity index is 1.87. The van der Waals surface area contributed by atoms with Gasteiger partial charge in [0.05, 0.1) is 24.1 Å². The Bertz CT molecular complexity index is 1040. The molecule has 0 radical (unpaired) electrons. The number of thiophene rings is 1. The van der Waals surface area contributed by atoms with E-state index in [1.807, 2.05) is 22.8 Å². The van der Waals surface area contributed by atoms with E-state index in [1.54, 1.807) is 23.1 Å². The molecule has 6 heteroatoms. The third-order valence-corrected chi connectivity index (χ3v) is 7.71. The van der Waals surface area contributed by atoms with Crippen molar-refractivity contribution in [3.63, 3.8) is 0 Å². The Kier molecular flexibility index (Phi) is 5.63. The van der Waals surface area contributed by atoms with Crippen molar-refractivity contribution in [1.82, 2.24) is 9.55 Å². The van der Waals surface area contributed by atoms with Gasteiger partial charge in [0.2, 0.25) is 0 Å². The van der Waals surface area contributed by atoms with E-state index in [9.17, 15) is 4.79 Å². The SMILES string of the molecule is CCCSc1nc2sc3c(c2c(=O)n1Cc1ccccc1)C[C@@](C)(CC)OC3. The maximum Gasteiger partial charge on any atom is 0.263 e. The normalized spacial score (nSPS) is 19.1. The number of nitrogens with zero attached hydrogens (tertiary/aromatic N) is 2. The molecule has 1 aromatic carbocycles. The first-order chi connectivity index (χ1) is 13.5. The van der Waals surface area contributed by atoms with Crippen LogP contribution >= 0.6 is 23.1 Å². The van der Waals surface area contributed by atoms with Gasteiger partial charge < -0.3 is 4.74 Å². The third kappa shape index (κ3) is 3.65. The van der Waals surface area contributed by atoms with E-state index in [4.69, 9.17) is 9.72 Å². The minimum atomic E-state index is -0.201. The van der Waals surface area contributed by atoms with Crippen LogP contribution in [-0.4, -0.2) is 20.9 Å². The molecule has 0 aliphatic carbocycles. The van der Waals surface area contributed by atoms with Crippen LogP contribution in [0.3, 0.4) is 0 Å². The van der Waals surface area contributed by atoms with Crippen molar-refractivity contribution < 1.29 is 4.74 Å². The number of rotatable bonds is 6. The van der Waals surface area contributed by atoms with E-state index in [0.29, 0.717) is 13.2 Å². The fourth-order valence-electron chi connectivity index (χ4n) is 3.57. The predicted octanol–water partition coefficient (Wildman–Crippen LogP) is 5.25. The van der Waals surface area contributed by atoms with Crippen molar-refractivity contribution >= 4 is 33.3 Å². The van der Waals surface area contributed by atoms with Crippen molar-refractivity contribution in [3.05, 3.63) is 56.7 Å². The van der Waals surface area contributed by atoms with Crippen molar-refractivity contribution in [2.24, 2.45) is 0 Å². The third-order valence-electron chi connectivity index (χ3n) is 5.43. The van der Waals surface area contributed by atoms with Crippen molar-refractivity contribution in [1.29, 1.82) is 0 Å². The number of fused-ring (bicyclic) bond motifs is 3.